The molecule has 17 heavy (non-hydrogen) atoms. The number of likely N-dealkylation sites (N-methyl/N-ethyl adjacent to an activating group) is 3. The van der Waals surface area contributed by atoms with Crippen molar-refractivity contribution in [1.82, 2.24) is 15.1 Å². The van der Waals surface area contributed by atoms with Crippen molar-refractivity contribution in [3.8, 4) is 0 Å². The Hall–Kier alpha value is -1.36. The quantitative estimate of drug-likeness (QED) is 0.580. The van der Waals surface area contributed by atoms with Gasteiger partial charge in [-0.15, -0.1) is 0 Å². The minimum atomic E-state index is 0.208. The predicted octanol–water partition coefficient (Wildman–Crippen LogP) is 0.760. The Morgan fingerprint density at radius 3 is 2.94 bits per heavy atom. The summed E-state index contributed by atoms with van der Waals surface area (Å²) in [6.07, 6.45) is 3.74. The number of amidine groups is 1. The third-order valence-corrected chi connectivity index (χ3v) is 2.93. The molecule has 0 fully saturated rings. The Morgan fingerprint density at radius 2 is 2.41 bits per heavy atom. The molecule has 1 aliphatic heterocycles. The molecule has 0 aliphatic carbocycles. The van der Waals surface area contributed by atoms with E-state index in [0.717, 1.165) is 24.6 Å². The molecule has 0 saturated heterocycles. The maximum Gasteiger partial charge on any atom is 0.101 e. The van der Waals surface area contributed by atoms with Gasteiger partial charge >= 0.3 is 0 Å². The molecule has 1 aliphatic rings. The van der Waals surface area contributed by atoms with Crippen LogP contribution in [0.3, 0.4) is 0 Å². The van der Waals surface area contributed by atoms with E-state index in [2.05, 4.69) is 27.1 Å². The minimum Gasteiger partial charge on any atom is -0.362 e. The SMILES string of the molecule is CNCCN(C)C(C)=N/C=C1\C(C)N=CN1C. The Balaban J connectivity index is 2.60. The highest BCUT2D eigenvalue weighted by Gasteiger charge is 2.16. The molecule has 0 aromatic heterocycles. The van der Waals surface area contributed by atoms with Crippen molar-refractivity contribution in [3.05, 3.63) is 11.9 Å². The van der Waals surface area contributed by atoms with E-state index in [4.69, 9.17) is 0 Å². The fourth-order valence-electron chi connectivity index (χ4n) is 1.54. The molecular formula is C12H23N5. The van der Waals surface area contributed by atoms with Crippen LogP contribution in [0.25, 0.3) is 0 Å². The first-order valence-electron chi connectivity index (χ1n) is 5.92. The second-order valence-electron chi connectivity index (χ2n) is 4.31. The summed E-state index contributed by atoms with van der Waals surface area (Å²) < 4.78 is 0. The van der Waals surface area contributed by atoms with Crippen molar-refractivity contribution in [3.63, 3.8) is 0 Å². The van der Waals surface area contributed by atoms with Crippen LogP contribution < -0.4 is 5.32 Å². The molecule has 1 heterocycles. The largest absolute Gasteiger partial charge is 0.362 e. The van der Waals surface area contributed by atoms with E-state index >= 15 is 0 Å². The predicted molar refractivity (Wildman–Crippen MR) is 73.5 cm³/mol. The second kappa shape index (κ2) is 6.39. The van der Waals surface area contributed by atoms with E-state index in [1.54, 1.807) is 0 Å². The van der Waals surface area contributed by atoms with Crippen LogP contribution in [0, 0.1) is 0 Å². The van der Waals surface area contributed by atoms with E-state index in [0.29, 0.717) is 0 Å². The molecular weight excluding hydrogens is 214 g/mol. The Morgan fingerprint density at radius 1 is 1.71 bits per heavy atom. The van der Waals surface area contributed by atoms with Crippen molar-refractivity contribution >= 4 is 12.2 Å². The first-order valence-corrected chi connectivity index (χ1v) is 5.92. The maximum absolute atomic E-state index is 4.49. The second-order valence-corrected chi connectivity index (χ2v) is 4.31. The first kappa shape index (κ1) is 13.7. The van der Waals surface area contributed by atoms with Gasteiger partial charge in [0, 0.05) is 27.2 Å². The summed E-state index contributed by atoms with van der Waals surface area (Å²) in [6, 6.07) is 0.208. The van der Waals surface area contributed by atoms with E-state index in [-0.39, 0.29) is 6.04 Å². The van der Waals surface area contributed by atoms with Crippen molar-refractivity contribution in [1.29, 1.82) is 0 Å². The highest BCUT2D eigenvalue weighted by Crippen LogP contribution is 2.15. The summed E-state index contributed by atoms with van der Waals surface area (Å²) in [6.45, 7) is 6.00. The van der Waals surface area contributed by atoms with Gasteiger partial charge in [0.1, 0.15) is 5.84 Å². The molecule has 0 spiro atoms. The lowest BCUT2D eigenvalue weighted by Crippen LogP contribution is -2.31. The fourth-order valence-corrected chi connectivity index (χ4v) is 1.54. The van der Waals surface area contributed by atoms with E-state index in [9.17, 15) is 0 Å². The number of rotatable bonds is 4. The van der Waals surface area contributed by atoms with Crippen LogP contribution in [0.2, 0.25) is 0 Å². The normalized spacial score (nSPS) is 22.6. The van der Waals surface area contributed by atoms with Crippen LogP contribution in [0.5, 0.6) is 0 Å². The Bertz CT molecular complexity index is 318. The molecule has 0 bridgehead atoms. The van der Waals surface area contributed by atoms with Gasteiger partial charge in [-0.3, -0.25) is 4.99 Å². The van der Waals surface area contributed by atoms with Gasteiger partial charge in [0.05, 0.1) is 24.3 Å². The summed E-state index contributed by atoms with van der Waals surface area (Å²) in [7, 11) is 6.00. The van der Waals surface area contributed by atoms with Gasteiger partial charge in [0.25, 0.3) is 0 Å². The van der Waals surface area contributed by atoms with E-state index < -0.39 is 0 Å². The summed E-state index contributed by atoms with van der Waals surface area (Å²) in [5, 5.41) is 3.12. The zero-order valence-corrected chi connectivity index (χ0v) is 11.4. The van der Waals surface area contributed by atoms with Crippen molar-refractivity contribution in [2.45, 2.75) is 19.9 Å². The van der Waals surface area contributed by atoms with Gasteiger partial charge in [-0.05, 0) is 20.9 Å². The molecule has 5 nitrogen and oxygen atoms in total. The number of aliphatic imine (C=N–C) groups is 2. The topological polar surface area (TPSA) is 43.2 Å². The lowest BCUT2D eigenvalue weighted by Gasteiger charge is -2.18. The number of hydrogen-bond acceptors (Lipinski definition) is 4. The molecule has 1 N–H and O–H groups in total. The van der Waals surface area contributed by atoms with Crippen LogP contribution in [-0.4, -0.2) is 62.2 Å². The minimum absolute atomic E-state index is 0.208. The van der Waals surface area contributed by atoms with Gasteiger partial charge in [0.15, 0.2) is 0 Å². The Kier molecular flexibility index (Phi) is 5.15. The van der Waals surface area contributed by atoms with Crippen LogP contribution >= 0.6 is 0 Å². The molecule has 0 aromatic carbocycles. The lowest BCUT2D eigenvalue weighted by atomic mass is 10.3. The fraction of sp³-hybridized carbons (Fsp3) is 0.667. The summed E-state index contributed by atoms with van der Waals surface area (Å²) in [5.41, 5.74) is 1.13. The molecule has 0 aromatic rings. The summed E-state index contributed by atoms with van der Waals surface area (Å²) in [4.78, 5) is 12.9. The first-order chi connectivity index (χ1) is 8.06. The van der Waals surface area contributed by atoms with Crippen molar-refractivity contribution in [2.75, 3.05) is 34.2 Å². The van der Waals surface area contributed by atoms with Gasteiger partial charge in [0.2, 0.25) is 0 Å². The molecule has 0 radical (unpaired) electrons. The zero-order chi connectivity index (χ0) is 12.8. The van der Waals surface area contributed by atoms with Gasteiger partial charge in [-0.2, -0.15) is 0 Å². The van der Waals surface area contributed by atoms with Crippen LogP contribution in [0.1, 0.15) is 13.8 Å². The number of hydrogen-bond donors (Lipinski definition) is 1. The van der Waals surface area contributed by atoms with Crippen molar-refractivity contribution in [2.24, 2.45) is 9.98 Å². The highest BCUT2D eigenvalue weighted by atomic mass is 15.2. The highest BCUT2D eigenvalue weighted by molar-refractivity contribution is 5.80. The lowest BCUT2D eigenvalue weighted by molar-refractivity contribution is 0.492. The zero-order valence-electron chi connectivity index (χ0n) is 11.4. The maximum atomic E-state index is 4.49. The number of nitrogens with zero attached hydrogens (tertiary/aromatic N) is 4. The molecule has 0 saturated carbocycles. The van der Waals surface area contributed by atoms with Crippen LogP contribution in [0.4, 0.5) is 0 Å². The van der Waals surface area contributed by atoms with Crippen molar-refractivity contribution < 1.29 is 0 Å². The molecule has 1 unspecified atom stereocenters. The average Bonchev–Trinajstić information content (AvgIpc) is 2.63. The van der Waals surface area contributed by atoms with Gasteiger partial charge in [-0.25, -0.2) is 4.99 Å². The van der Waals surface area contributed by atoms with Gasteiger partial charge < -0.3 is 15.1 Å². The Labute approximate surface area is 104 Å². The summed E-state index contributed by atoms with van der Waals surface area (Å²) >= 11 is 0. The molecule has 96 valence electrons. The van der Waals surface area contributed by atoms with E-state index in [1.807, 2.05) is 45.5 Å². The number of nitrogens with one attached hydrogen (secondary N) is 1. The molecule has 1 atom stereocenters. The molecule has 0 amide bonds. The summed E-state index contributed by atoms with van der Waals surface area (Å²) in [5.74, 6) is 1.01. The smallest absolute Gasteiger partial charge is 0.101 e. The van der Waals surface area contributed by atoms with Gasteiger partial charge in [-0.1, -0.05) is 0 Å². The third-order valence-electron chi connectivity index (χ3n) is 2.93. The molecule has 5 heteroatoms. The monoisotopic (exact) mass is 237 g/mol. The molecule has 1 rings (SSSR count). The average molecular weight is 237 g/mol. The van der Waals surface area contributed by atoms with Crippen LogP contribution in [-0.2, 0) is 0 Å². The van der Waals surface area contributed by atoms with E-state index in [1.165, 1.54) is 0 Å². The standard InChI is InChI=1S/C12H23N5/c1-10-12(17(5)9-15-10)8-14-11(2)16(4)7-6-13-3/h8-10,13H,6-7H2,1-5H3/b12-8+,14-11?. The van der Waals surface area contributed by atoms with Crippen LogP contribution in [0.15, 0.2) is 21.9 Å². The third kappa shape index (κ3) is 3.85.